The number of aliphatic hydroxyl groups excluding tert-OH is 1. The summed E-state index contributed by atoms with van der Waals surface area (Å²) in [6, 6.07) is 0. The Morgan fingerprint density at radius 3 is 2.72 bits per heavy atom. The second kappa shape index (κ2) is 7.09. The zero-order chi connectivity index (χ0) is 20.9. The normalized spacial score (nSPS) is 30.7. The number of cyclic esters (lactones) is 1. The maximum atomic E-state index is 12.3. The maximum Gasteiger partial charge on any atom is 0.470 e. The van der Waals surface area contributed by atoms with Crippen molar-refractivity contribution in [2.75, 3.05) is 5.73 Å². The first kappa shape index (κ1) is 19.8. The number of fused-ring (bicyclic) bond motifs is 1. The van der Waals surface area contributed by atoms with Gasteiger partial charge < -0.3 is 30.1 Å². The predicted octanol–water partition coefficient (Wildman–Crippen LogP) is -1.58. The summed E-state index contributed by atoms with van der Waals surface area (Å²) in [5.74, 6) is -1.14. The molecule has 4 rings (SSSR count). The van der Waals surface area contributed by atoms with Crippen molar-refractivity contribution in [2.45, 2.75) is 43.5 Å². The van der Waals surface area contributed by atoms with Crippen molar-refractivity contribution in [2.24, 2.45) is 0 Å². The van der Waals surface area contributed by atoms with Crippen LogP contribution in [-0.4, -0.2) is 70.6 Å². The summed E-state index contributed by atoms with van der Waals surface area (Å²) < 4.78 is 28.1. The van der Waals surface area contributed by atoms with Gasteiger partial charge in [0.15, 0.2) is 29.6 Å². The molecule has 0 radical (unpaired) electrons. The molecule has 5 atom stereocenters. The molecular weight excluding hydrogens is 413 g/mol. The number of rotatable bonds is 4. The van der Waals surface area contributed by atoms with Crippen LogP contribution in [0, 0.1) is 0 Å². The van der Waals surface area contributed by atoms with Gasteiger partial charge >= 0.3 is 13.8 Å². The van der Waals surface area contributed by atoms with Gasteiger partial charge in [0.05, 0.1) is 12.7 Å². The van der Waals surface area contributed by atoms with E-state index in [1.54, 1.807) is 0 Å². The van der Waals surface area contributed by atoms with Crippen LogP contribution in [0.15, 0.2) is 12.7 Å². The minimum absolute atomic E-state index is 0.0668. The number of hydrogen-bond acceptors (Lipinski definition) is 11. The van der Waals surface area contributed by atoms with Crippen molar-refractivity contribution in [1.82, 2.24) is 19.5 Å². The topological polar surface area (TPSA) is 209 Å². The zero-order valence-corrected chi connectivity index (χ0v) is 15.5. The Hall–Kier alpha value is -2.48. The number of hydrogen-bond donors (Lipinski definition) is 4. The van der Waals surface area contributed by atoms with Gasteiger partial charge in [-0.1, -0.05) is 0 Å². The van der Waals surface area contributed by atoms with Gasteiger partial charge in [0, 0.05) is 6.42 Å². The molecule has 2 aliphatic rings. The molecule has 4 heterocycles. The number of aliphatic hydroxyl groups is 1. The molecule has 0 spiro atoms. The van der Waals surface area contributed by atoms with Crippen LogP contribution in [0.2, 0.25) is 0 Å². The molecule has 2 saturated heterocycles. The summed E-state index contributed by atoms with van der Waals surface area (Å²) in [5.41, 5.74) is 6.11. The highest BCUT2D eigenvalue weighted by molar-refractivity contribution is 7.46. The predicted molar refractivity (Wildman–Crippen MR) is 90.7 cm³/mol. The quantitative estimate of drug-likeness (QED) is 0.320. The molecule has 14 nitrogen and oxygen atoms in total. The van der Waals surface area contributed by atoms with Gasteiger partial charge in [0.25, 0.3) is 0 Å². The summed E-state index contributed by atoms with van der Waals surface area (Å²) in [5, 5.41) is 10.7. The third kappa shape index (κ3) is 3.61. The van der Waals surface area contributed by atoms with Crippen molar-refractivity contribution in [1.29, 1.82) is 0 Å². The number of ether oxygens (including phenoxy) is 2. The standard InChI is InChI=1S/C14H16N5O9P/c15-12-7-13(17-3-16-12)19(4-18-7)14-8(22)10(28-29(23,24)25)11(27-14)9-5(20)1-2-6(21)26-9/h3-4,8-11,14,22H,1-2H2,(H2,15,16,17)(H2,23,24,25)/t8-,9?,10+,11-,14-/m1/s1. The molecule has 0 aromatic carbocycles. The summed E-state index contributed by atoms with van der Waals surface area (Å²) in [7, 11) is -5.10. The molecule has 0 aliphatic carbocycles. The van der Waals surface area contributed by atoms with Crippen molar-refractivity contribution in [3.8, 4) is 0 Å². The van der Waals surface area contributed by atoms with Gasteiger partial charge in [-0.25, -0.2) is 19.5 Å². The molecule has 2 aliphatic heterocycles. The number of anilines is 1. The van der Waals surface area contributed by atoms with Gasteiger partial charge in [0.1, 0.15) is 30.2 Å². The van der Waals surface area contributed by atoms with Crippen LogP contribution in [0.3, 0.4) is 0 Å². The van der Waals surface area contributed by atoms with E-state index in [0.717, 1.165) is 6.33 Å². The molecular formula is C14H16N5O9P. The second-order valence-electron chi connectivity index (χ2n) is 6.50. The number of Topliss-reactive ketones (excluding diaryl/α,β-unsaturated/α-hetero) is 1. The first-order valence-corrected chi connectivity index (χ1v) is 9.91. The highest BCUT2D eigenvalue weighted by atomic mass is 31.2. The highest BCUT2D eigenvalue weighted by Crippen LogP contribution is 2.45. The van der Waals surface area contributed by atoms with Crippen LogP contribution in [-0.2, 0) is 28.2 Å². The number of nitrogens with two attached hydrogens (primary N) is 1. The van der Waals surface area contributed by atoms with E-state index < -0.39 is 50.2 Å². The first-order chi connectivity index (χ1) is 13.7. The lowest BCUT2D eigenvalue weighted by atomic mass is 9.98. The number of aromatic nitrogens is 4. The van der Waals surface area contributed by atoms with E-state index in [1.807, 2.05) is 0 Å². The van der Waals surface area contributed by atoms with Gasteiger partial charge in [-0.15, -0.1) is 0 Å². The van der Waals surface area contributed by atoms with Gasteiger partial charge in [0.2, 0.25) is 0 Å². The number of esters is 1. The van der Waals surface area contributed by atoms with Gasteiger partial charge in [-0.2, -0.15) is 0 Å². The van der Waals surface area contributed by atoms with Crippen LogP contribution in [0.5, 0.6) is 0 Å². The van der Waals surface area contributed by atoms with E-state index in [1.165, 1.54) is 10.9 Å². The third-order valence-electron chi connectivity index (χ3n) is 4.62. The van der Waals surface area contributed by atoms with Crippen LogP contribution < -0.4 is 5.73 Å². The largest absolute Gasteiger partial charge is 0.470 e. The Labute approximate surface area is 161 Å². The van der Waals surface area contributed by atoms with Crippen LogP contribution in [0.4, 0.5) is 5.82 Å². The number of nitrogen functional groups attached to an aromatic ring is 1. The molecule has 0 bridgehead atoms. The molecule has 29 heavy (non-hydrogen) atoms. The molecule has 0 saturated carbocycles. The minimum Gasteiger partial charge on any atom is -0.451 e. The maximum absolute atomic E-state index is 12.3. The average molecular weight is 429 g/mol. The fraction of sp³-hybridized carbons (Fsp3) is 0.500. The molecule has 156 valence electrons. The average Bonchev–Trinajstić information content (AvgIpc) is 3.19. The van der Waals surface area contributed by atoms with E-state index in [9.17, 15) is 29.0 Å². The summed E-state index contributed by atoms with van der Waals surface area (Å²) in [6.07, 6.45) is -5.51. The molecule has 2 fully saturated rings. The molecule has 15 heteroatoms. The Bertz CT molecular complexity index is 1020. The fourth-order valence-electron chi connectivity index (χ4n) is 3.37. The number of phosphoric ester groups is 1. The third-order valence-corrected chi connectivity index (χ3v) is 5.14. The first-order valence-electron chi connectivity index (χ1n) is 8.38. The minimum atomic E-state index is -5.10. The second-order valence-corrected chi connectivity index (χ2v) is 7.69. The Morgan fingerprint density at radius 2 is 2.00 bits per heavy atom. The summed E-state index contributed by atoms with van der Waals surface area (Å²) in [6.45, 7) is 0. The SMILES string of the molecule is Nc1ncnc2c1ncn2[C@@H]1O[C@H](C2OC(=O)CCC2=O)[C@@H](OP(=O)(O)O)[C@H]1O. The summed E-state index contributed by atoms with van der Waals surface area (Å²) in [4.78, 5) is 54.2. The number of carbonyl (C=O) groups is 2. The van der Waals surface area contributed by atoms with Crippen LogP contribution >= 0.6 is 7.82 Å². The van der Waals surface area contributed by atoms with E-state index >= 15 is 0 Å². The molecule has 2 aromatic heterocycles. The van der Waals surface area contributed by atoms with E-state index in [4.69, 9.17) is 15.2 Å². The number of nitrogens with zero attached hydrogens (tertiary/aromatic N) is 4. The number of carbonyl (C=O) groups excluding carboxylic acids is 2. The van der Waals surface area contributed by atoms with Gasteiger partial charge in [-0.05, 0) is 0 Å². The lowest BCUT2D eigenvalue weighted by Crippen LogP contribution is -2.48. The van der Waals surface area contributed by atoms with E-state index in [-0.39, 0.29) is 29.8 Å². The zero-order valence-electron chi connectivity index (χ0n) is 14.6. The van der Waals surface area contributed by atoms with Crippen LogP contribution in [0.25, 0.3) is 11.2 Å². The van der Waals surface area contributed by atoms with Crippen molar-refractivity contribution in [3.05, 3.63) is 12.7 Å². The van der Waals surface area contributed by atoms with Crippen molar-refractivity contribution >= 4 is 36.6 Å². The Kier molecular flexibility index (Phi) is 4.85. The molecule has 0 amide bonds. The Morgan fingerprint density at radius 1 is 1.24 bits per heavy atom. The number of ketones is 1. The fourth-order valence-corrected chi connectivity index (χ4v) is 3.93. The lowest BCUT2D eigenvalue weighted by molar-refractivity contribution is -0.174. The molecule has 2 aromatic rings. The summed E-state index contributed by atoms with van der Waals surface area (Å²) >= 11 is 0. The number of phosphoric acid groups is 1. The van der Waals surface area contributed by atoms with Crippen molar-refractivity contribution in [3.63, 3.8) is 0 Å². The van der Waals surface area contributed by atoms with Gasteiger partial charge in [-0.3, -0.25) is 18.7 Å². The monoisotopic (exact) mass is 429 g/mol. The lowest BCUT2D eigenvalue weighted by Gasteiger charge is -2.29. The molecule has 5 N–H and O–H groups in total. The van der Waals surface area contributed by atoms with Crippen LogP contribution in [0.1, 0.15) is 19.1 Å². The van der Waals surface area contributed by atoms with E-state index in [2.05, 4.69) is 19.5 Å². The number of imidazole rings is 1. The van der Waals surface area contributed by atoms with Crippen molar-refractivity contribution < 1.29 is 43.0 Å². The smallest absolute Gasteiger partial charge is 0.451 e. The highest BCUT2D eigenvalue weighted by Gasteiger charge is 2.54. The Balaban J connectivity index is 1.73. The van der Waals surface area contributed by atoms with E-state index in [0.29, 0.717) is 0 Å². The molecule has 1 unspecified atom stereocenters.